The molecule has 0 bridgehead atoms. The van der Waals surface area contributed by atoms with Crippen LogP contribution in [0.2, 0.25) is 10.0 Å². The summed E-state index contributed by atoms with van der Waals surface area (Å²) >= 11 is 12.6. The summed E-state index contributed by atoms with van der Waals surface area (Å²) in [6.07, 6.45) is 0. The second kappa shape index (κ2) is 5.01. The van der Waals surface area contributed by atoms with Crippen molar-refractivity contribution in [3.05, 3.63) is 33.3 Å². The summed E-state index contributed by atoms with van der Waals surface area (Å²) in [5, 5.41) is 13.9. The number of carbonyl (C=O) groups excluding carboxylic acids is 1. The summed E-state index contributed by atoms with van der Waals surface area (Å²) in [6.45, 7) is 0. The fraction of sp³-hybridized carbons (Fsp3) is 0. The number of hydrogen-bond acceptors (Lipinski definition) is 5. The van der Waals surface area contributed by atoms with Gasteiger partial charge in [0.05, 0.1) is 10.0 Å². The first kappa shape index (κ1) is 12.9. The van der Waals surface area contributed by atoms with Crippen molar-refractivity contribution in [2.45, 2.75) is 0 Å². The van der Waals surface area contributed by atoms with Crippen molar-refractivity contribution < 1.29 is 9.90 Å². The molecule has 0 aliphatic heterocycles. The molecule has 0 atom stereocenters. The van der Waals surface area contributed by atoms with E-state index in [2.05, 4.69) is 10.3 Å². The van der Waals surface area contributed by atoms with E-state index in [1.807, 2.05) is 0 Å². The molecule has 1 aromatic carbocycles. The van der Waals surface area contributed by atoms with E-state index in [1.54, 1.807) is 0 Å². The maximum atomic E-state index is 11.8. The van der Waals surface area contributed by atoms with Crippen molar-refractivity contribution in [3.63, 3.8) is 0 Å². The summed E-state index contributed by atoms with van der Waals surface area (Å²) in [4.78, 5) is 15.6. The number of benzene rings is 1. The Hall–Kier alpha value is -1.50. The van der Waals surface area contributed by atoms with Crippen LogP contribution in [0.4, 0.5) is 10.8 Å². The first-order valence-corrected chi connectivity index (χ1v) is 6.31. The van der Waals surface area contributed by atoms with Crippen LogP contribution in [0.15, 0.2) is 17.5 Å². The lowest BCUT2D eigenvalue weighted by atomic mass is 10.3. The summed E-state index contributed by atoms with van der Waals surface area (Å²) < 4.78 is 0. The van der Waals surface area contributed by atoms with Crippen LogP contribution in [0.3, 0.4) is 0 Å². The zero-order chi connectivity index (χ0) is 13.3. The molecule has 0 spiro atoms. The number of phenols is 1. The monoisotopic (exact) mass is 303 g/mol. The Kier molecular flexibility index (Phi) is 3.60. The number of rotatable bonds is 2. The van der Waals surface area contributed by atoms with Crippen LogP contribution in [-0.2, 0) is 0 Å². The molecule has 1 aromatic heterocycles. The maximum absolute atomic E-state index is 11.8. The molecule has 1 amide bonds. The third kappa shape index (κ3) is 2.66. The highest BCUT2D eigenvalue weighted by Crippen LogP contribution is 2.34. The minimum absolute atomic E-state index is 0.0515. The van der Waals surface area contributed by atoms with Crippen molar-refractivity contribution in [2.24, 2.45) is 0 Å². The van der Waals surface area contributed by atoms with Crippen LogP contribution >= 0.6 is 34.5 Å². The number of aromatic nitrogens is 1. The molecular formula is C10H7Cl2N3O2S. The van der Waals surface area contributed by atoms with E-state index in [0.29, 0.717) is 10.8 Å². The molecule has 1 heterocycles. The lowest BCUT2D eigenvalue weighted by molar-refractivity contribution is 0.102. The number of nitrogens with one attached hydrogen (secondary N) is 1. The molecule has 8 heteroatoms. The first-order valence-electron chi connectivity index (χ1n) is 4.67. The molecule has 0 unspecified atom stereocenters. The van der Waals surface area contributed by atoms with Crippen molar-refractivity contribution in [3.8, 4) is 5.75 Å². The van der Waals surface area contributed by atoms with E-state index in [9.17, 15) is 9.90 Å². The van der Waals surface area contributed by atoms with E-state index in [-0.39, 0.29) is 21.5 Å². The van der Waals surface area contributed by atoms with E-state index in [0.717, 1.165) is 0 Å². The molecule has 0 saturated heterocycles. The molecule has 0 saturated carbocycles. The lowest BCUT2D eigenvalue weighted by Crippen LogP contribution is -2.12. The third-order valence-electron chi connectivity index (χ3n) is 2.03. The molecule has 5 nitrogen and oxygen atoms in total. The fourth-order valence-corrected chi connectivity index (χ4v) is 2.25. The standard InChI is InChI=1S/C10H7Cl2N3O2S/c11-5-1-4(2-6(12)8(5)16)14-9(17)7-3-18-10(13)15-7/h1-3,16H,(H2,13,15)(H,14,17). The third-order valence-corrected chi connectivity index (χ3v) is 3.28. The van der Waals surface area contributed by atoms with Gasteiger partial charge in [0.1, 0.15) is 5.69 Å². The van der Waals surface area contributed by atoms with Crippen LogP contribution in [-0.4, -0.2) is 16.0 Å². The smallest absolute Gasteiger partial charge is 0.275 e. The Morgan fingerprint density at radius 3 is 2.50 bits per heavy atom. The summed E-state index contributed by atoms with van der Waals surface area (Å²) in [6, 6.07) is 2.77. The van der Waals surface area contributed by atoms with Gasteiger partial charge in [-0.15, -0.1) is 11.3 Å². The van der Waals surface area contributed by atoms with Crippen LogP contribution in [0.1, 0.15) is 10.5 Å². The number of nitrogen functional groups attached to an aromatic ring is 1. The minimum Gasteiger partial charge on any atom is -0.505 e. The summed E-state index contributed by atoms with van der Waals surface area (Å²) in [5.74, 6) is -0.657. The number of hydrogen-bond donors (Lipinski definition) is 3. The van der Waals surface area contributed by atoms with E-state index in [4.69, 9.17) is 28.9 Å². The van der Waals surface area contributed by atoms with Crippen molar-refractivity contribution >= 4 is 51.3 Å². The Balaban J connectivity index is 2.22. The number of thiazole rings is 1. The van der Waals surface area contributed by atoms with Crippen LogP contribution in [0.25, 0.3) is 0 Å². The maximum Gasteiger partial charge on any atom is 0.275 e. The van der Waals surface area contributed by atoms with Gasteiger partial charge in [-0.3, -0.25) is 4.79 Å². The SMILES string of the molecule is Nc1nc(C(=O)Nc2cc(Cl)c(O)c(Cl)c2)cs1. The van der Waals surface area contributed by atoms with E-state index < -0.39 is 5.91 Å². The Morgan fingerprint density at radius 1 is 1.39 bits per heavy atom. The molecule has 4 N–H and O–H groups in total. The number of phenolic OH excluding ortho intramolecular Hbond substituents is 1. The zero-order valence-corrected chi connectivity index (χ0v) is 11.1. The minimum atomic E-state index is -0.430. The van der Waals surface area contributed by atoms with Gasteiger partial charge in [0.25, 0.3) is 5.91 Å². The van der Waals surface area contributed by atoms with Gasteiger partial charge in [-0.1, -0.05) is 23.2 Å². The van der Waals surface area contributed by atoms with Gasteiger partial charge < -0.3 is 16.2 Å². The van der Waals surface area contributed by atoms with Crippen LogP contribution in [0, 0.1) is 0 Å². The summed E-state index contributed by atoms with van der Waals surface area (Å²) in [7, 11) is 0. The number of halogens is 2. The number of amides is 1. The topological polar surface area (TPSA) is 88.2 Å². The zero-order valence-electron chi connectivity index (χ0n) is 8.78. The second-order valence-corrected chi connectivity index (χ2v) is 5.02. The number of aromatic hydroxyl groups is 1. The van der Waals surface area contributed by atoms with Gasteiger partial charge in [0.2, 0.25) is 0 Å². The Labute approximate surface area is 116 Å². The molecule has 0 aliphatic carbocycles. The molecule has 2 rings (SSSR count). The highest BCUT2D eigenvalue weighted by molar-refractivity contribution is 7.13. The quantitative estimate of drug-likeness (QED) is 0.744. The molecule has 0 aliphatic rings. The van der Waals surface area contributed by atoms with Gasteiger partial charge in [0, 0.05) is 11.1 Å². The number of carbonyl (C=O) groups is 1. The van der Waals surface area contributed by atoms with Gasteiger partial charge in [-0.25, -0.2) is 4.98 Å². The van der Waals surface area contributed by atoms with Crippen molar-refractivity contribution in [1.82, 2.24) is 4.98 Å². The largest absolute Gasteiger partial charge is 0.505 e. The molecule has 18 heavy (non-hydrogen) atoms. The Morgan fingerprint density at radius 2 is 2.00 bits per heavy atom. The number of anilines is 2. The molecule has 2 aromatic rings. The number of nitrogens with zero attached hydrogens (tertiary/aromatic N) is 1. The molecule has 0 fully saturated rings. The second-order valence-electron chi connectivity index (χ2n) is 3.31. The average Bonchev–Trinajstić information content (AvgIpc) is 2.72. The molecule has 94 valence electrons. The molecule has 0 radical (unpaired) electrons. The predicted molar refractivity (Wildman–Crippen MR) is 72.6 cm³/mol. The van der Waals surface area contributed by atoms with Gasteiger partial charge in [-0.2, -0.15) is 0 Å². The van der Waals surface area contributed by atoms with Crippen molar-refractivity contribution in [2.75, 3.05) is 11.1 Å². The van der Waals surface area contributed by atoms with E-state index in [1.165, 1.54) is 28.8 Å². The summed E-state index contributed by atoms with van der Waals surface area (Å²) in [5.41, 5.74) is 6.00. The van der Waals surface area contributed by atoms with E-state index >= 15 is 0 Å². The fourth-order valence-electron chi connectivity index (χ4n) is 1.22. The molecular weight excluding hydrogens is 297 g/mol. The van der Waals surface area contributed by atoms with Gasteiger partial charge in [-0.05, 0) is 12.1 Å². The average molecular weight is 304 g/mol. The first-order chi connectivity index (χ1) is 8.47. The highest BCUT2D eigenvalue weighted by Gasteiger charge is 2.12. The highest BCUT2D eigenvalue weighted by atomic mass is 35.5. The van der Waals surface area contributed by atoms with Crippen molar-refractivity contribution in [1.29, 1.82) is 0 Å². The lowest BCUT2D eigenvalue weighted by Gasteiger charge is -2.06. The predicted octanol–water partition coefficient (Wildman–Crippen LogP) is 2.99. The van der Waals surface area contributed by atoms with Crippen LogP contribution < -0.4 is 11.1 Å². The van der Waals surface area contributed by atoms with Gasteiger partial charge in [0.15, 0.2) is 10.9 Å². The van der Waals surface area contributed by atoms with Gasteiger partial charge >= 0.3 is 0 Å². The van der Waals surface area contributed by atoms with Crippen LogP contribution in [0.5, 0.6) is 5.75 Å². The normalized spacial score (nSPS) is 10.3. The Bertz CT molecular complexity index is 592. The number of nitrogens with two attached hydrogens (primary N) is 1.